The number of alkyl halides is 2. The van der Waals surface area contributed by atoms with Crippen molar-refractivity contribution in [2.75, 3.05) is 13.2 Å². The number of aryl methyl sites for hydroxylation is 1. The zero-order valence-electron chi connectivity index (χ0n) is 12.3. The van der Waals surface area contributed by atoms with E-state index in [1.807, 2.05) is 0 Å². The molecule has 0 aliphatic rings. The summed E-state index contributed by atoms with van der Waals surface area (Å²) < 4.78 is 31.9. The number of amides is 2. The van der Waals surface area contributed by atoms with Crippen LogP contribution in [0.5, 0.6) is 0 Å². The predicted octanol–water partition coefficient (Wildman–Crippen LogP) is 2.18. The number of halogens is 2. The van der Waals surface area contributed by atoms with E-state index in [4.69, 9.17) is 0 Å². The Hall–Kier alpha value is -2.31. The smallest absolute Gasteiger partial charge is 0.302 e. The van der Waals surface area contributed by atoms with Crippen molar-refractivity contribution in [3.8, 4) is 0 Å². The summed E-state index contributed by atoms with van der Waals surface area (Å²) in [5.74, 6) is -4.80. The fraction of sp³-hybridized carbons (Fsp3) is 0.400. The van der Waals surface area contributed by atoms with Crippen LogP contribution in [0.2, 0.25) is 0 Å². The number of esters is 1. The molecule has 0 radical (unpaired) electrons. The fourth-order valence-corrected chi connectivity index (χ4v) is 1.80. The number of nitrogens with zero attached hydrogens (tertiary/aromatic N) is 1. The minimum Gasteiger partial charge on any atom is -0.466 e. The first-order valence-electron chi connectivity index (χ1n) is 6.60. The highest BCUT2D eigenvalue weighted by Crippen LogP contribution is 2.21. The molecule has 0 fully saturated rings. The van der Waals surface area contributed by atoms with E-state index < -0.39 is 37.4 Å². The fourth-order valence-electron chi connectivity index (χ4n) is 1.80. The van der Waals surface area contributed by atoms with Crippen LogP contribution >= 0.6 is 0 Å². The number of ether oxygens (including phenoxy) is 1. The Morgan fingerprint density at radius 3 is 2.50 bits per heavy atom. The first-order valence-corrected chi connectivity index (χ1v) is 6.60. The van der Waals surface area contributed by atoms with Gasteiger partial charge in [-0.15, -0.1) is 0 Å². The van der Waals surface area contributed by atoms with Gasteiger partial charge in [-0.25, -0.2) is 8.78 Å². The molecular weight excluding hydrogens is 296 g/mol. The highest BCUT2D eigenvalue weighted by atomic mass is 19.3. The van der Waals surface area contributed by atoms with E-state index >= 15 is 0 Å². The van der Waals surface area contributed by atoms with Gasteiger partial charge in [-0.1, -0.05) is 18.2 Å². The van der Waals surface area contributed by atoms with Gasteiger partial charge in [0.25, 0.3) is 11.8 Å². The molecule has 5 nitrogen and oxygen atoms in total. The highest BCUT2D eigenvalue weighted by Gasteiger charge is 2.34. The van der Waals surface area contributed by atoms with Crippen molar-refractivity contribution in [1.82, 2.24) is 4.90 Å². The molecule has 0 aliphatic heterocycles. The third-order valence-electron chi connectivity index (χ3n) is 2.94. The number of carbonyl (C=O) groups excluding carboxylic acids is 3. The van der Waals surface area contributed by atoms with Crippen molar-refractivity contribution >= 4 is 18.3 Å². The molecule has 0 unspecified atom stereocenters. The van der Waals surface area contributed by atoms with E-state index in [0.717, 1.165) is 6.92 Å². The van der Waals surface area contributed by atoms with Gasteiger partial charge in [0.1, 0.15) is 0 Å². The molecule has 120 valence electrons. The van der Waals surface area contributed by atoms with E-state index in [1.54, 1.807) is 25.1 Å². The van der Waals surface area contributed by atoms with Gasteiger partial charge in [0.2, 0.25) is 6.41 Å². The molecule has 2 amide bonds. The summed E-state index contributed by atoms with van der Waals surface area (Å²) in [5.41, 5.74) is 0.771. The van der Waals surface area contributed by atoms with Gasteiger partial charge < -0.3 is 4.74 Å². The highest BCUT2D eigenvalue weighted by molar-refractivity contribution is 6.00. The molecular formula is C15H17F2NO4. The number of hydrogen-bond donors (Lipinski definition) is 0. The Morgan fingerprint density at radius 2 is 1.95 bits per heavy atom. The molecule has 7 heteroatoms. The predicted molar refractivity (Wildman–Crippen MR) is 74.5 cm³/mol. The Bertz CT molecular complexity index is 560. The minimum absolute atomic E-state index is 0.0779. The van der Waals surface area contributed by atoms with Crippen LogP contribution in [0, 0.1) is 6.92 Å². The van der Waals surface area contributed by atoms with Crippen molar-refractivity contribution in [2.45, 2.75) is 26.2 Å². The molecule has 1 aromatic rings. The summed E-state index contributed by atoms with van der Waals surface area (Å²) in [4.78, 5) is 34.1. The average molecular weight is 313 g/mol. The SMILES string of the molecule is CC(=O)OCCC(F)(F)CN(C=O)C(=O)c1ccccc1C. The van der Waals surface area contributed by atoms with Crippen LogP contribution in [0.4, 0.5) is 8.78 Å². The normalized spacial score (nSPS) is 10.9. The second-order valence-corrected chi connectivity index (χ2v) is 4.80. The number of hydrogen-bond acceptors (Lipinski definition) is 4. The monoisotopic (exact) mass is 313 g/mol. The molecule has 0 aliphatic carbocycles. The number of benzene rings is 1. The molecule has 0 aromatic heterocycles. The van der Waals surface area contributed by atoms with E-state index in [1.165, 1.54) is 6.07 Å². The molecule has 0 spiro atoms. The lowest BCUT2D eigenvalue weighted by atomic mass is 10.1. The maximum Gasteiger partial charge on any atom is 0.302 e. The van der Waals surface area contributed by atoms with Crippen LogP contribution < -0.4 is 0 Å². The second-order valence-electron chi connectivity index (χ2n) is 4.80. The second kappa shape index (κ2) is 7.63. The Kier molecular flexibility index (Phi) is 6.15. The van der Waals surface area contributed by atoms with E-state index in [2.05, 4.69) is 4.74 Å². The standard InChI is InChI=1S/C15H17F2NO4/c1-11-5-3-4-6-13(11)14(21)18(10-19)9-15(16,17)7-8-22-12(2)20/h3-6,10H,7-9H2,1-2H3. The Morgan fingerprint density at radius 1 is 1.32 bits per heavy atom. The van der Waals surface area contributed by atoms with Crippen LogP contribution in [0.3, 0.4) is 0 Å². The van der Waals surface area contributed by atoms with Crippen molar-refractivity contribution in [1.29, 1.82) is 0 Å². The number of rotatable bonds is 7. The van der Waals surface area contributed by atoms with Gasteiger partial charge in [-0.05, 0) is 18.6 Å². The zero-order valence-corrected chi connectivity index (χ0v) is 12.3. The molecule has 0 N–H and O–H groups in total. The number of carbonyl (C=O) groups is 3. The molecule has 0 saturated carbocycles. The van der Waals surface area contributed by atoms with Crippen molar-refractivity contribution < 1.29 is 27.9 Å². The Balaban J connectivity index is 2.75. The van der Waals surface area contributed by atoms with Gasteiger partial charge in [0, 0.05) is 18.9 Å². The Labute approximate surface area is 126 Å². The lowest BCUT2D eigenvalue weighted by Gasteiger charge is -2.23. The summed E-state index contributed by atoms with van der Waals surface area (Å²) >= 11 is 0. The molecule has 0 saturated heterocycles. The maximum atomic E-state index is 13.7. The summed E-state index contributed by atoms with van der Waals surface area (Å²) in [6.07, 6.45) is -0.688. The van der Waals surface area contributed by atoms with Crippen LogP contribution in [0.15, 0.2) is 24.3 Å². The minimum atomic E-state index is -3.34. The van der Waals surface area contributed by atoms with Gasteiger partial charge in [0.05, 0.1) is 13.2 Å². The summed E-state index contributed by atoms with van der Waals surface area (Å²) in [7, 11) is 0. The van der Waals surface area contributed by atoms with Crippen LogP contribution in [0.25, 0.3) is 0 Å². The lowest BCUT2D eigenvalue weighted by Crippen LogP contribution is -2.41. The molecule has 22 heavy (non-hydrogen) atoms. The van der Waals surface area contributed by atoms with E-state index in [-0.39, 0.29) is 12.0 Å². The molecule has 0 heterocycles. The third kappa shape index (κ3) is 5.23. The first kappa shape index (κ1) is 17.7. The van der Waals surface area contributed by atoms with Crippen molar-refractivity contribution in [3.05, 3.63) is 35.4 Å². The quantitative estimate of drug-likeness (QED) is 0.572. The first-order chi connectivity index (χ1) is 10.3. The van der Waals surface area contributed by atoms with Crippen LogP contribution in [0.1, 0.15) is 29.3 Å². The zero-order chi connectivity index (χ0) is 16.8. The molecule has 0 atom stereocenters. The van der Waals surface area contributed by atoms with Crippen molar-refractivity contribution in [3.63, 3.8) is 0 Å². The van der Waals surface area contributed by atoms with Crippen LogP contribution in [-0.2, 0) is 14.3 Å². The van der Waals surface area contributed by atoms with Crippen molar-refractivity contribution in [2.24, 2.45) is 0 Å². The lowest BCUT2D eigenvalue weighted by molar-refractivity contribution is -0.144. The molecule has 0 bridgehead atoms. The van der Waals surface area contributed by atoms with Gasteiger partial charge >= 0.3 is 5.97 Å². The molecule has 1 rings (SSSR count). The summed E-state index contributed by atoms with van der Waals surface area (Å²) in [6.45, 7) is 1.21. The van der Waals surface area contributed by atoms with E-state index in [9.17, 15) is 23.2 Å². The summed E-state index contributed by atoms with van der Waals surface area (Å²) in [5, 5.41) is 0. The number of imide groups is 1. The third-order valence-corrected chi connectivity index (χ3v) is 2.94. The largest absolute Gasteiger partial charge is 0.466 e. The van der Waals surface area contributed by atoms with Gasteiger partial charge in [0.15, 0.2) is 0 Å². The van der Waals surface area contributed by atoms with Gasteiger partial charge in [-0.3, -0.25) is 19.3 Å². The average Bonchev–Trinajstić information content (AvgIpc) is 2.44. The molecule has 1 aromatic carbocycles. The summed E-state index contributed by atoms with van der Waals surface area (Å²) in [6, 6.07) is 6.40. The van der Waals surface area contributed by atoms with E-state index in [0.29, 0.717) is 10.5 Å². The van der Waals surface area contributed by atoms with Gasteiger partial charge in [-0.2, -0.15) is 0 Å². The van der Waals surface area contributed by atoms with Crippen LogP contribution in [-0.4, -0.2) is 42.3 Å². The topological polar surface area (TPSA) is 63.7 Å². The maximum absolute atomic E-state index is 13.7.